The molecule has 2 N–H and O–H groups in total. The number of amides is 1. The monoisotopic (exact) mass is 304 g/mol. The van der Waals surface area contributed by atoms with Gasteiger partial charge in [-0.05, 0) is 32.4 Å². The number of hydrogen-bond acceptors (Lipinski definition) is 5. The third-order valence-electron chi connectivity index (χ3n) is 3.41. The molecule has 22 heavy (non-hydrogen) atoms. The van der Waals surface area contributed by atoms with Gasteiger partial charge >= 0.3 is 0 Å². The lowest BCUT2D eigenvalue weighted by atomic mass is 10.2. The van der Waals surface area contributed by atoms with E-state index in [1.54, 1.807) is 19.9 Å². The number of aliphatic hydroxyl groups excluding tert-OH is 1. The first kappa shape index (κ1) is 16.0. The maximum Gasteiger partial charge on any atom is 0.252 e. The average Bonchev–Trinajstić information content (AvgIpc) is 2.82. The Balaban J connectivity index is 1.84. The number of aryl methyl sites for hydroxylation is 3. The summed E-state index contributed by atoms with van der Waals surface area (Å²) in [6, 6.07) is 7.43. The fourth-order valence-electron chi connectivity index (χ4n) is 2.01. The van der Waals surface area contributed by atoms with Gasteiger partial charge in [0.2, 0.25) is 0 Å². The highest BCUT2D eigenvalue weighted by atomic mass is 16.5. The number of ether oxygens (including phenoxy) is 1. The summed E-state index contributed by atoms with van der Waals surface area (Å²) in [5, 5.41) is 16.3. The molecule has 0 aliphatic rings. The molecule has 1 amide bonds. The van der Waals surface area contributed by atoms with Crippen LogP contribution in [0.5, 0.6) is 5.75 Å². The highest BCUT2D eigenvalue weighted by Crippen LogP contribution is 2.16. The minimum atomic E-state index is -1.24. The Kier molecular flexibility index (Phi) is 5.16. The maximum atomic E-state index is 11.9. The van der Waals surface area contributed by atoms with Gasteiger partial charge in [-0.1, -0.05) is 23.4 Å². The van der Waals surface area contributed by atoms with Crippen LogP contribution in [0, 0.1) is 20.8 Å². The summed E-state index contributed by atoms with van der Waals surface area (Å²) in [6.45, 7) is 5.65. The molecule has 6 nitrogen and oxygen atoms in total. The summed E-state index contributed by atoms with van der Waals surface area (Å²) in [4.78, 5) is 11.9. The van der Waals surface area contributed by atoms with E-state index >= 15 is 0 Å². The first-order valence-electron chi connectivity index (χ1n) is 7.05. The van der Waals surface area contributed by atoms with Crippen LogP contribution < -0.4 is 10.1 Å². The molecule has 2 aromatic rings. The van der Waals surface area contributed by atoms with Crippen LogP contribution in [0.1, 0.15) is 22.6 Å². The Hall–Kier alpha value is -2.34. The van der Waals surface area contributed by atoms with Crippen LogP contribution in [0.15, 0.2) is 28.8 Å². The predicted molar refractivity (Wildman–Crippen MR) is 80.5 cm³/mol. The van der Waals surface area contributed by atoms with E-state index in [1.165, 1.54) is 0 Å². The maximum absolute atomic E-state index is 11.9. The number of carbonyl (C=O) groups is 1. The number of aromatic nitrogens is 1. The fraction of sp³-hybridized carbons (Fsp3) is 0.375. The fourth-order valence-corrected chi connectivity index (χ4v) is 2.01. The van der Waals surface area contributed by atoms with Gasteiger partial charge in [-0.3, -0.25) is 4.79 Å². The molecule has 0 fully saturated rings. The smallest absolute Gasteiger partial charge is 0.252 e. The van der Waals surface area contributed by atoms with Gasteiger partial charge in [-0.15, -0.1) is 0 Å². The van der Waals surface area contributed by atoms with Crippen LogP contribution >= 0.6 is 0 Å². The molecule has 0 saturated heterocycles. The molecule has 1 heterocycles. The molecule has 1 aromatic heterocycles. The van der Waals surface area contributed by atoms with Crippen molar-refractivity contribution in [2.45, 2.75) is 33.4 Å². The number of benzene rings is 1. The summed E-state index contributed by atoms with van der Waals surface area (Å²) in [5.74, 6) is 0.817. The van der Waals surface area contributed by atoms with Crippen LogP contribution in [-0.4, -0.2) is 28.9 Å². The zero-order valence-corrected chi connectivity index (χ0v) is 12.9. The molecule has 118 valence electrons. The molecule has 0 radical (unpaired) electrons. The van der Waals surface area contributed by atoms with Gasteiger partial charge in [-0.25, -0.2) is 0 Å². The largest absolute Gasteiger partial charge is 0.490 e. The van der Waals surface area contributed by atoms with Gasteiger partial charge in [0.05, 0.1) is 5.69 Å². The molecule has 0 aliphatic heterocycles. The van der Waals surface area contributed by atoms with Gasteiger partial charge in [-0.2, -0.15) is 0 Å². The number of nitrogens with one attached hydrogen (secondary N) is 1. The van der Waals surface area contributed by atoms with Crippen LogP contribution in [0.2, 0.25) is 0 Å². The van der Waals surface area contributed by atoms with Crippen LogP contribution in [0.4, 0.5) is 0 Å². The minimum Gasteiger partial charge on any atom is -0.490 e. The van der Waals surface area contributed by atoms with Crippen molar-refractivity contribution in [3.05, 3.63) is 46.8 Å². The highest BCUT2D eigenvalue weighted by Gasteiger charge is 2.17. The molecule has 0 bridgehead atoms. The zero-order valence-electron chi connectivity index (χ0n) is 12.9. The van der Waals surface area contributed by atoms with Crippen molar-refractivity contribution in [1.29, 1.82) is 0 Å². The number of rotatable bonds is 6. The summed E-state index contributed by atoms with van der Waals surface area (Å²) in [5.41, 5.74) is 2.50. The van der Waals surface area contributed by atoms with E-state index in [1.807, 2.05) is 25.1 Å². The lowest BCUT2D eigenvalue weighted by molar-refractivity contribution is -0.130. The highest BCUT2D eigenvalue weighted by molar-refractivity contribution is 5.80. The first-order valence-corrected chi connectivity index (χ1v) is 7.05. The molecule has 1 atom stereocenters. The van der Waals surface area contributed by atoms with E-state index in [0.29, 0.717) is 11.5 Å². The minimum absolute atomic E-state index is 0.0989. The molecule has 2 rings (SSSR count). The predicted octanol–water partition coefficient (Wildman–Crippen LogP) is 1.66. The van der Waals surface area contributed by atoms with Crippen molar-refractivity contribution in [3.8, 4) is 5.75 Å². The molecule has 0 spiro atoms. The Labute approximate surface area is 129 Å². The number of nitrogens with zero attached hydrogens (tertiary/aromatic N) is 1. The molecular weight excluding hydrogens is 284 g/mol. The molecule has 1 unspecified atom stereocenters. The third kappa shape index (κ3) is 3.85. The van der Waals surface area contributed by atoms with Crippen molar-refractivity contribution in [3.63, 3.8) is 0 Å². The molecule has 0 aliphatic carbocycles. The number of para-hydroxylation sites is 1. The summed E-state index contributed by atoms with van der Waals surface area (Å²) in [6.07, 6.45) is -1.24. The third-order valence-corrected chi connectivity index (χ3v) is 3.41. The van der Waals surface area contributed by atoms with Crippen molar-refractivity contribution in [2.75, 3.05) is 6.61 Å². The SMILES string of the molecule is Cc1ccccc1OCC(O)C(=O)NCc1c(C)noc1C. The second-order valence-electron chi connectivity index (χ2n) is 5.11. The molecule has 6 heteroatoms. The topological polar surface area (TPSA) is 84.6 Å². The number of carbonyl (C=O) groups excluding carboxylic acids is 1. The summed E-state index contributed by atoms with van der Waals surface area (Å²) in [7, 11) is 0. The van der Waals surface area contributed by atoms with E-state index in [0.717, 1.165) is 16.8 Å². The van der Waals surface area contributed by atoms with Gasteiger partial charge in [0.15, 0.2) is 6.10 Å². The van der Waals surface area contributed by atoms with Gasteiger partial charge < -0.3 is 19.7 Å². The van der Waals surface area contributed by atoms with Crippen molar-refractivity contribution >= 4 is 5.91 Å². The lowest BCUT2D eigenvalue weighted by Gasteiger charge is -2.14. The lowest BCUT2D eigenvalue weighted by Crippen LogP contribution is -2.38. The quantitative estimate of drug-likeness (QED) is 0.848. The van der Waals surface area contributed by atoms with Crippen molar-refractivity contribution in [2.24, 2.45) is 0 Å². The first-order chi connectivity index (χ1) is 10.5. The van der Waals surface area contributed by atoms with E-state index in [9.17, 15) is 9.90 Å². The van der Waals surface area contributed by atoms with E-state index < -0.39 is 12.0 Å². The molecular formula is C16H20N2O4. The second kappa shape index (κ2) is 7.09. The number of aliphatic hydroxyl groups is 1. The van der Waals surface area contributed by atoms with Gasteiger partial charge in [0, 0.05) is 12.1 Å². The molecule has 1 aromatic carbocycles. The Morgan fingerprint density at radius 1 is 1.36 bits per heavy atom. The second-order valence-corrected chi connectivity index (χ2v) is 5.11. The van der Waals surface area contributed by atoms with Crippen LogP contribution in [0.25, 0.3) is 0 Å². The van der Waals surface area contributed by atoms with Crippen LogP contribution in [-0.2, 0) is 11.3 Å². The van der Waals surface area contributed by atoms with E-state index in [2.05, 4.69) is 10.5 Å². The summed E-state index contributed by atoms with van der Waals surface area (Å²) >= 11 is 0. The van der Waals surface area contributed by atoms with Crippen molar-refractivity contribution < 1.29 is 19.2 Å². The Morgan fingerprint density at radius 3 is 2.73 bits per heavy atom. The summed E-state index contributed by atoms with van der Waals surface area (Å²) < 4.78 is 10.5. The Morgan fingerprint density at radius 2 is 2.09 bits per heavy atom. The van der Waals surface area contributed by atoms with Crippen molar-refractivity contribution in [1.82, 2.24) is 10.5 Å². The van der Waals surface area contributed by atoms with Gasteiger partial charge in [0.25, 0.3) is 5.91 Å². The molecule has 0 saturated carbocycles. The van der Waals surface area contributed by atoms with Crippen LogP contribution in [0.3, 0.4) is 0 Å². The Bertz CT molecular complexity index is 632. The normalized spacial score (nSPS) is 12.0. The average molecular weight is 304 g/mol. The van der Waals surface area contributed by atoms with E-state index in [-0.39, 0.29) is 13.2 Å². The zero-order chi connectivity index (χ0) is 16.1. The standard InChI is InChI=1S/C16H20N2O4/c1-10-6-4-5-7-15(10)21-9-14(19)16(20)17-8-13-11(2)18-22-12(13)3/h4-7,14,19H,8-9H2,1-3H3,(H,17,20). The number of hydrogen-bond donors (Lipinski definition) is 2. The van der Waals surface area contributed by atoms with Gasteiger partial charge in [0.1, 0.15) is 18.1 Å². The van der Waals surface area contributed by atoms with E-state index in [4.69, 9.17) is 9.26 Å².